The zero-order valence-electron chi connectivity index (χ0n) is 17.0. The second-order valence-electron chi connectivity index (χ2n) is 8.75. The summed E-state index contributed by atoms with van der Waals surface area (Å²) in [6.45, 7) is 0. The van der Waals surface area contributed by atoms with Crippen LogP contribution in [0.3, 0.4) is 0 Å². The van der Waals surface area contributed by atoms with Crippen molar-refractivity contribution in [3.05, 3.63) is 119 Å². The van der Waals surface area contributed by atoms with Crippen molar-refractivity contribution in [1.29, 1.82) is 0 Å². The summed E-state index contributed by atoms with van der Waals surface area (Å²) in [4.78, 5) is 26.3. The first-order chi connectivity index (χ1) is 15.7. The molecule has 4 aromatic carbocycles. The summed E-state index contributed by atoms with van der Waals surface area (Å²) >= 11 is 0. The van der Waals surface area contributed by atoms with Crippen LogP contribution in [0.15, 0.2) is 97.1 Å². The van der Waals surface area contributed by atoms with E-state index in [0.717, 1.165) is 33.0 Å². The molecular weight excluding hydrogens is 400 g/mol. The van der Waals surface area contributed by atoms with Crippen molar-refractivity contribution in [2.45, 2.75) is 11.2 Å². The first-order valence-electron chi connectivity index (χ1n) is 10.8. The highest BCUT2D eigenvalue weighted by atomic mass is 16.6. The van der Waals surface area contributed by atoms with E-state index in [9.17, 15) is 9.59 Å². The fourth-order valence-corrected chi connectivity index (χ4v) is 6.14. The van der Waals surface area contributed by atoms with Crippen molar-refractivity contribution >= 4 is 22.7 Å². The minimum atomic E-state index is -1.09. The lowest BCUT2D eigenvalue weighted by molar-refractivity contribution is -0.162. The number of carbonyl (C=O) groups excluding carboxylic acids is 2. The second-order valence-corrected chi connectivity index (χ2v) is 8.75. The van der Waals surface area contributed by atoms with Crippen molar-refractivity contribution in [1.82, 2.24) is 0 Å². The molecule has 3 aliphatic rings. The molecule has 154 valence electrons. The molecular formula is C28H18O4. The van der Waals surface area contributed by atoms with E-state index in [1.165, 1.54) is 0 Å². The molecule has 0 radical (unpaired) electrons. The molecule has 0 amide bonds. The minimum Gasteiger partial charge on any atom is -0.392 e. The maximum absolute atomic E-state index is 13.2. The van der Waals surface area contributed by atoms with Crippen LogP contribution in [0.5, 0.6) is 0 Å². The summed E-state index contributed by atoms with van der Waals surface area (Å²) in [6.07, 6.45) is 0. The van der Waals surface area contributed by atoms with Crippen LogP contribution in [-0.2, 0) is 30.3 Å². The predicted molar refractivity (Wildman–Crippen MR) is 118 cm³/mol. The zero-order valence-corrected chi connectivity index (χ0v) is 17.0. The van der Waals surface area contributed by atoms with Crippen LogP contribution in [-0.4, -0.2) is 11.9 Å². The third-order valence-electron chi connectivity index (χ3n) is 7.33. The maximum atomic E-state index is 13.2. The van der Waals surface area contributed by atoms with Gasteiger partial charge in [-0.2, -0.15) is 0 Å². The third kappa shape index (κ3) is 1.92. The SMILES string of the molecule is O=C1OC(=O)C2C1C1(c3ccccc3)OC2(c2ccccc2)c2cc3ccccc3cc21. The fourth-order valence-electron chi connectivity index (χ4n) is 6.14. The number of rotatable bonds is 2. The molecule has 2 saturated heterocycles. The Kier molecular flexibility index (Phi) is 3.31. The molecule has 3 heterocycles. The molecule has 2 bridgehead atoms. The zero-order chi connectivity index (χ0) is 21.5. The molecule has 4 heteroatoms. The quantitative estimate of drug-likeness (QED) is 0.350. The molecule has 4 nitrogen and oxygen atoms in total. The van der Waals surface area contributed by atoms with Gasteiger partial charge in [-0.05, 0) is 45.2 Å². The van der Waals surface area contributed by atoms with Crippen LogP contribution in [0.4, 0.5) is 0 Å². The summed E-state index contributed by atoms with van der Waals surface area (Å²) < 4.78 is 12.3. The Labute approximate surface area is 184 Å². The van der Waals surface area contributed by atoms with Crippen molar-refractivity contribution in [2.75, 3.05) is 0 Å². The van der Waals surface area contributed by atoms with Crippen LogP contribution in [0.2, 0.25) is 0 Å². The highest BCUT2D eigenvalue weighted by Gasteiger charge is 2.78. The van der Waals surface area contributed by atoms with E-state index in [-0.39, 0.29) is 0 Å². The van der Waals surface area contributed by atoms with Gasteiger partial charge >= 0.3 is 11.9 Å². The van der Waals surface area contributed by atoms with Gasteiger partial charge in [0.2, 0.25) is 0 Å². The Balaban J connectivity index is 1.66. The summed E-state index contributed by atoms with van der Waals surface area (Å²) in [7, 11) is 0. The van der Waals surface area contributed by atoms with Gasteiger partial charge in [-0.3, -0.25) is 9.59 Å². The number of hydrogen-bond acceptors (Lipinski definition) is 4. The molecule has 0 spiro atoms. The Morgan fingerprint density at radius 2 is 0.969 bits per heavy atom. The average Bonchev–Trinajstić information content (AvgIpc) is 3.44. The van der Waals surface area contributed by atoms with Crippen LogP contribution < -0.4 is 0 Å². The lowest BCUT2D eigenvalue weighted by atomic mass is 9.61. The van der Waals surface area contributed by atoms with Gasteiger partial charge in [0, 0.05) is 0 Å². The smallest absolute Gasteiger partial charge is 0.321 e. The standard InChI is InChI=1S/C28H18O4/c29-25-23-24(26(30)31-25)28(20-13-5-2-6-14-20)22-16-18-10-8-7-9-17(18)15-21(22)27(23,32-28)19-11-3-1-4-12-19/h1-16,23-24H. The van der Waals surface area contributed by atoms with Gasteiger partial charge in [0.15, 0.2) is 0 Å². The predicted octanol–water partition coefficient (Wildman–Crippen LogP) is 4.69. The number of ether oxygens (including phenoxy) is 2. The maximum Gasteiger partial charge on any atom is 0.321 e. The van der Waals surface area contributed by atoms with Gasteiger partial charge in [-0.25, -0.2) is 0 Å². The van der Waals surface area contributed by atoms with Gasteiger partial charge < -0.3 is 9.47 Å². The van der Waals surface area contributed by atoms with Crippen molar-refractivity contribution < 1.29 is 19.1 Å². The monoisotopic (exact) mass is 418 g/mol. The normalized spacial score (nSPS) is 29.8. The van der Waals surface area contributed by atoms with Crippen LogP contribution in [0.25, 0.3) is 10.8 Å². The van der Waals surface area contributed by atoms with Crippen molar-refractivity contribution in [3.8, 4) is 0 Å². The number of cyclic esters (lactones) is 2. The van der Waals surface area contributed by atoms with E-state index >= 15 is 0 Å². The Morgan fingerprint density at radius 3 is 1.41 bits per heavy atom. The van der Waals surface area contributed by atoms with Crippen LogP contribution in [0, 0.1) is 11.8 Å². The average molecular weight is 418 g/mol. The second kappa shape index (κ2) is 5.93. The summed E-state index contributed by atoms with van der Waals surface area (Å²) in [5, 5.41) is 2.13. The Morgan fingerprint density at radius 1 is 0.562 bits per heavy atom. The molecule has 0 aromatic heterocycles. The molecule has 32 heavy (non-hydrogen) atoms. The highest BCUT2D eigenvalue weighted by Crippen LogP contribution is 2.70. The van der Waals surface area contributed by atoms with Crippen molar-refractivity contribution in [3.63, 3.8) is 0 Å². The lowest BCUT2D eigenvalue weighted by Gasteiger charge is -2.34. The first kappa shape index (κ1) is 17.9. The summed E-state index contributed by atoms with van der Waals surface area (Å²) in [5.41, 5.74) is 1.38. The van der Waals surface area contributed by atoms with Crippen molar-refractivity contribution in [2.24, 2.45) is 11.8 Å². The Hall–Kier alpha value is -3.76. The Bertz CT molecular complexity index is 1320. The largest absolute Gasteiger partial charge is 0.392 e. The number of benzene rings is 4. The molecule has 3 aliphatic heterocycles. The van der Waals surface area contributed by atoms with Crippen LogP contribution >= 0.6 is 0 Å². The topological polar surface area (TPSA) is 52.6 Å². The van der Waals surface area contributed by atoms with E-state index in [1.54, 1.807) is 0 Å². The summed E-state index contributed by atoms with van der Waals surface area (Å²) in [5.74, 6) is -2.52. The van der Waals surface area contributed by atoms with Gasteiger partial charge in [0.1, 0.15) is 23.0 Å². The fraction of sp³-hybridized carbons (Fsp3) is 0.143. The van der Waals surface area contributed by atoms with Gasteiger partial charge in [-0.15, -0.1) is 0 Å². The number of esters is 2. The van der Waals surface area contributed by atoms with E-state index in [4.69, 9.17) is 9.47 Å². The van der Waals surface area contributed by atoms with E-state index < -0.39 is 35.0 Å². The van der Waals surface area contributed by atoms with Gasteiger partial charge in [0.25, 0.3) is 0 Å². The molecule has 0 aliphatic carbocycles. The van der Waals surface area contributed by atoms with Crippen LogP contribution in [0.1, 0.15) is 22.3 Å². The molecule has 4 aromatic rings. The van der Waals surface area contributed by atoms with Gasteiger partial charge in [0.05, 0.1) is 0 Å². The number of fused-ring (bicyclic) bond motifs is 9. The number of carbonyl (C=O) groups is 2. The third-order valence-corrected chi connectivity index (χ3v) is 7.33. The molecule has 7 rings (SSSR count). The molecule has 2 fully saturated rings. The first-order valence-corrected chi connectivity index (χ1v) is 10.8. The summed E-state index contributed by atoms with van der Waals surface area (Å²) in [6, 6.07) is 31.9. The molecule has 4 atom stereocenters. The molecule has 0 saturated carbocycles. The van der Waals surface area contributed by atoms with E-state index in [1.807, 2.05) is 72.8 Å². The lowest BCUT2D eigenvalue weighted by Crippen LogP contribution is -2.42. The highest BCUT2D eigenvalue weighted by molar-refractivity contribution is 6.01. The molecule has 0 N–H and O–H groups in total. The molecule has 4 unspecified atom stereocenters. The number of hydrogen-bond donors (Lipinski definition) is 0. The van der Waals surface area contributed by atoms with E-state index in [0.29, 0.717) is 0 Å². The van der Waals surface area contributed by atoms with Gasteiger partial charge in [-0.1, -0.05) is 84.9 Å². The minimum absolute atomic E-state index is 0.513. The van der Waals surface area contributed by atoms with E-state index in [2.05, 4.69) is 24.3 Å².